The largest absolute Gasteiger partial charge is 0.291 e. The minimum Gasteiger partial charge on any atom is -0.291 e. The van der Waals surface area contributed by atoms with E-state index in [2.05, 4.69) is 21.0 Å². The quantitative estimate of drug-likeness (QED) is 0.567. The number of nitrogens with zero attached hydrogens (tertiary/aromatic N) is 5. The number of nitriles is 1. The van der Waals surface area contributed by atoms with Gasteiger partial charge < -0.3 is 0 Å². The van der Waals surface area contributed by atoms with Gasteiger partial charge in [0.1, 0.15) is 17.4 Å². The second-order valence-electron chi connectivity index (χ2n) is 5.47. The van der Waals surface area contributed by atoms with E-state index in [4.69, 9.17) is 0 Å². The van der Waals surface area contributed by atoms with Gasteiger partial charge in [-0.1, -0.05) is 12.1 Å². The molecule has 0 spiro atoms. The Morgan fingerprint density at radius 1 is 0.958 bits per heavy atom. The van der Waals surface area contributed by atoms with E-state index in [-0.39, 0.29) is 0 Å². The molecule has 0 radical (unpaired) electrons. The number of imidazole rings is 1. The maximum atomic E-state index is 9.22. The van der Waals surface area contributed by atoms with E-state index in [1.165, 1.54) is 0 Å². The summed E-state index contributed by atoms with van der Waals surface area (Å²) in [5, 5.41) is 9.22. The lowest BCUT2D eigenvalue weighted by molar-refractivity contribution is 1.15. The standard InChI is InChI=1S/C19H13N5/c1-13-4-2-8-21-18(13)19-16(5-3-9-22-19)14-6-7-17-23-11-15(10-20)24(17)12-14/h2-9,11-12H,1H3. The zero-order valence-corrected chi connectivity index (χ0v) is 13.0. The van der Waals surface area contributed by atoms with Crippen LogP contribution in [0.2, 0.25) is 0 Å². The van der Waals surface area contributed by atoms with E-state index in [9.17, 15) is 5.26 Å². The molecule has 5 nitrogen and oxygen atoms in total. The summed E-state index contributed by atoms with van der Waals surface area (Å²) in [6.07, 6.45) is 7.03. The molecule has 0 aromatic carbocycles. The topological polar surface area (TPSA) is 66.9 Å². The fraction of sp³-hybridized carbons (Fsp3) is 0.0526. The third kappa shape index (κ3) is 2.22. The molecule has 0 amide bonds. The van der Waals surface area contributed by atoms with Gasteiger partial charge in [0.25, 0.3) is 0 Å². The molecule has 114 valence electrons. The van der Waals surface area contributed by atoms with Crippen LogP contribution in [0.3, 0.4) is 0 Å². The van der Waals surface area contributed by atoms with Crippen molar-refractivity contribution in [3.8, 4) is 28.6 Å². The van der Waals surface area contributed by atoms with Crippen LogP contribution in [0.5, 0.6) is 0 Å². The summed E-state index contributed by atoms with van der Waals surface area (Å²) in [4.78, 5) is 13.3. The molecule has 0 aliphatic carbocycles. The SMILES string of the molecule is Cc1cccnc1-c1ncccc1-c1ccc2ncc(C#N)n2c1. The fourth-order valence-electron chi connectivity index (χ4n) is 2.78. The Kier molecular flexibility index (Phi) is 3.29. The smallest absolute Gasteiger partial charge is 0.144 e. The van der Waals surface area contributed by atoms with Crippen molar-refractivity contribution in [3.63, 3.8) is 0 Å². The summed E-state index contributed by atoms with van der Waals surface area (Å²) < 4.78 is 1.79. The minimum absolute atomic E-state index is 0.506. The summed E-state index contributed by atoms with van der Waals surface area (Å²) in [6, 6.07) is 13.9. The zero-order valence-electron chi connectivity index (χ0n) is 13.0. The van der Waals surface area contributed by atoms with Crippen molar-refractivity contribution in [1.82, 2.24) is 19.4 Å². The molecule has 4 aromatic heterocycles. The molecule has 0 aliphatic rings. The lowest BCUT2D eigenvalue weighted by Crippen LogP contribution is -1.95. The van der Waals surface area contributed by atoms with Crippen LogP contribution in [-0.4, -0.2) is 19.4 Å². The average Bonchev–Trinajstić information content (AvgIpc) is 3.04. The van der Waals surface area contributed by atoms with E-state index >= 15 is 0 Å². The summed E-state index contributed by atoms with van der Waals surface area (Å²) in [5.74, 6) is 0. The molecule has 0 aliphatic heterocycles. The Balaban J connectivity index is 1.95. The van der Waals surface area contributed by atoms with Crippen molar-refractivity contribution in [2.75, 3.05) is 0 Å². The third-order valence-corrected chi connectivity index (χ3v) is 3.97. The molecule has 0 atom stereocenters. The molecular formula is C19H13N5. The van der Waals surface area contributed by atoms with Crippen LogP contribution in [0.15, 0.2) is 61.2 Å². The summed E-state index contributed by atoms with van der Waals surface area (Å²) in [7, 11) is 0. The van der Waals surface area contributed by atoms with Crippen LogP contribution >= 0.6 is 0 Å². The van der Waals surface area contributed by atoms with Crippen molar-refractivity contribution in [3.05, 3.63) is 72.4 Å². The maximum absolute atomic E-state index is 9.22. The molecule has 5 heteroatoms. The Labute approximate surface area is 138 Å². The van der Waals surface area contributed by atoms with Gasteiger partial charge in [-0.15, -0.1) is 0 Å². The number of rotatable bonds is 2. The first-order valence-electron chi connectivity index (χ1n) is 7.52. The predicted molar refractivity (Wildman–Crippen MR) is 91.1 cm³/mol. The minimum atomic E-state index is 0.506. The van der Waals surface area contributed by atoms with Gasteiger partial charge in [0.05, 0.1) is 17.6 Å². The van der Waals surface area contributed by atoms with Crippen LogP contribution in [0.4, 0.5) is 0 Å². The van der Waals surface area contributed by atoms with Crippen molar-refractivity contribution >= 4 is 5.65 Å². The third-order valence-electron chi connectivity index (χ3n) is 3.97. The number of aromatic nitrogens is 4. The van der Waals surface area contributed by atoms with E-state index in [1.807, 2.05) is 49.5 Å². The molecular weight excluding hydrogens is 298 g/mol. The Bertz CT molecular complexity index is 1090. The highest BCUT2D eigenvalue weighted by atomic mass is 15.0. The second-order valence-corrected chi connectivity index (χ2v) is 5.47. The summed E-state index contributed by atoms with van der Waals surface area (Å²) >= 11 is 0. The molecule has 0 unspecified atom stereocenters. The Morgan fingerprint density at radius 3 is 2.54 bits per heavy atom. The predicted octanol–water partition coefficient (Wildman–Crippen LogP) is 3.64. The number of hydrogen-bond donors (Lipinski definition) is 0. The zero-order chi connectivity index (χ0) is 16.5. The van der Waals surface area contributed by atoms with E-state index in [1.54, 1.807) is 23.0 Å². The lowest BCUT2D eigenvalue weighted by atomic mass is 10.0. The van der Waals surface area contributed by atoms with E-state index < -0.39 is 0 Å². The number of aryl methyl sites for hydroxylation is 1. The first-order valence-corrected chi connectivity index (χ1v) is 7.52. The van der Waals surface area contributed by atoms with Gasteiger partial charge in [-0.25, -0.2) is 4.98 Å². The van der Waals surface area contributed by atoms with E-state index in [0.717, 1.165) is 33.7 Å². The van der Waals surface area contributed by atoms with Gasteiger partial charge in [-0.2, -0.15) is 5.26 Å². The summed E-state index contributed by atoms with van der Waals surface area (Å²) in [6.45, 7) is 2.02. The summed E-state index contributed by atoms with van der Waals surface area (Å²) in [5.41, 5.74) is 5.94. The number of pyridine rings is 3. The van der Waals surface area contributed by atoms with Gasteiger partial charge in [0, 0.05) is 29.7 Å². The van der Waals surface area contributed by atoms with Crippen molar-refractivity contribution in [1.29, 1.82) is 5.26 Å². The van der Waals surface area contributed by atoms with Crippen molar-refractivity contribution in [2.45, 2.75) is 6.92 Å². The van der Waals surface area contributed by atoms with E-state index in [0.29, 0.717) is 5.69 Å². The highest BCUT2D eigenvalue weighted by Gasteiger charge is 2.13. The van der Waals surface area contributed by atoms with Gasteiger partial charge in [0.2, 0.25) is 0 Å². The monoisotopic (exact) mass is 311 g/mol. The van der Waals surface area contributed by atoms with Gasteiger partial charge in [-0.3, -0.25) is 14.4 Å². The number of fused-ring (bicyclic) bond motifs is 1. The van der Waals surface area contributed by atoms with Crippen LogP contribution in [0, 0.1) is 18.3 Å². The normalized spacial score (nSPS) is 10.7. The average molecular weight is 311 g/mol. The maximum Gasteiger partial charge on any atom is 0.144 e. The molecule has 0 bridgehead atoms. The number of hydrogen-bond acceptors (Lipinski definition) is 4. The molecule has 4 aromatic rings. The van der Waals surface area contributed by atoms with Crippen LogP contribution in [-0.2, 0) is 0 Å². The molecule has 0 fully saturated rings. The molecule has 24 heavy (non-hydrogen) atoms. The highest BCUT2D eigenvalue weighted by Crippen LogP contribution is 2.30. The van der Waals surface area contributed by atoms with Gasteiger partial charge in [-0.05, 0) is 36.8 Å². The molecule has 0 saturated heterocycles. The molecule has 0 saturated carbocycles. The first-order chi connectivity index (χ1) is 11.8. The van der Waals surface area contributed by atoms with Gasteiger partial charge >= 0.3 is 0 Å². The second kappa shape index (κ2) is 5.60. The fourth-order valence-corrected chi connectivity index (χ4v) is 2.78. The van der Waals surface area contributed by atoms with Crippen molar-refractivity contribution < 1.29 is 0 Å². The van der Waals surface area contributed by atoms with Gasteiger partial charge in [0.15, 0.2) is 0 Å². The Morgan fingerprint density at radius 2 is 1.75 bits per heavy atom. The van der Waals surface area contributed by atoms with Crippen LogP contribution in [0.25, 0.3) is 28.2 Å². The first kappa shape index (κ1) is 14.1. The Hall–Kier alpha value is -3.52. The lowest BCUT2D eigenvalue weighted by Gasteiger charge is -2.10. The molecule has 0 N–H and O–H groups in total. The van der Waals surface area contributed by atoms with Crippen LogP contribution in [0.1, 0.15) is 11.3 Å². The molecule has 4 rings (SSSR count). The molecule has 4 heterocycles. The van der Waals surface area contributed by atoms with Crippen molar-refractivity contribution in [2.24, 2.45) is 0 Å². The van der Waals surface area contributed by atoms with Crippen LogP contribution < -0.4 is 0 Å². The highest BCUT2D eigenvalue weighted by molar-refractivity contribution is 5.80.